The largest absolute Gasteiger partial charge is 0.466 e. The number of hydrogen-bond donors (Lipinski definition) is 0. The van der Waals surface area contributed by atoms with Crippen LogP contribution in [0.3, 0.4) is 0 Å². The zero-order valence-electron chi connectivity index (χ0n) is 12.7. The molecule has 0 bridgehead atoms. The van der Waals surface area contributed by atoms with Gasteiger partial charge in [-0.15, -0.1) is 0 Å². The fourth-order valence-corrected chi connectivity index (χ4v) is 2.79. The molecule has 0 saturated carbocycles. The van der Waals surface area contributed by atoms with Gasteiger partial charge in [-0.25, -0.2) is 0 Å². The van der Waals surface area contributed by atoms with Crippen LogP contribution in [0, 0.1) is 5.92 Å². The number of benzene rings is 1. The summed E-state index contributed by atoms with van der Waals surface area (Å²) in [5.74, 6) is -0.435. The Kier molecular flexibility index (Phi) is 5.37. The lowest BCUT2D eigenvalue weighted by atomic mass is 9.94. The molecule has 1 heterocycles. The number of likely N-dealkylation sites (tertiary alicyclic amines) is 1. The van der Waals surface area contributed by atoms with E-state index in [2.05, 4.69) is 0 Å². The van der Waals surface area contributed by atoms with Crippen LogP contribution in [0.4, 0.5) is 0 Å². The summed E-state index contributed by atoms with van der Waals surface area (Å²) in [6, 6.07) is 9.76. The van der Waals surface area contributed by atoms with Gasteiger partial charge in [-0.2, -0.15) is 0 Å². The summed E-state index contributed by atoms with van der Waals surface area (Å²) in [6.07, 6.45) is 1.67. The first-order valence-electron chi connectivity index (χ1n) is 7.63. The minimum absolute atomic E-state index is 0.0928. The molecule has 0 aromatic heterocycles. The van der Waals surface area contributed by atoms with E-state index in [1.165, 1.54) is 0 Å². The first kappa shape index (κ1) is 15.5. The lowest BCUT2D eigenvalue weighted by Gasteiger charge is -2.33. The van der Waals surface area contributed by atoms with Gasteiger partial charge >= 0.3 is 5.97 Å². The second kappa shape index (κ2) is 7.25. The highest BCUT2D eigenvalue weighted by Gasteiger charge is 2.31. The fraction of sp³-hybridized carbons (Fsp3) is 0.529. The molecular weight excluding hydrogens is 266 g/mol. The van der Waals surface area contributed by atoms with Crippen LogP contribution in [0.5, 0.6) is 0 Å². The lowest BCUT2D eigenvalue weighted by Crippen LogP contribution is -2.44. The molecule has 4 heteroatoms. The van der Waals surface area contributed by atoms with Crippen LogP contribution in [-0.2, 0) is 14.3 Å². The van der Waals surface area contributed by atoms with Gasteiger partial charge in [0.1, 0.15) is 0 Å². The second-order valence-corrected chi connectivity index (χ2v) is 5.51. The average molecular weight is 289 g/mol. The number of esters is 1. The molecule has 1 fully saturated rings. The Labute approximate surface area is 126 Å². The van der Waals surface area contributed by atoms with E-state index >= 15 is 0 Å². The third kappa shape index (κ3) is 3.84. The molecule has 1 aliphatic heterocycles. The molecule has 0 spiro atoms. The van der Waals surface area contributed by atoms with Crippen LogP contribution in [0.25, 0.3) is 0 Å². The molecule has 21 heavy (non-hydrogen) atoms. The molecule has 1 unspecified atom stereocenters. The predicted molar refractivity (Wildman–Crippen MR) is 80.8 cm³/mol. The maximum absolute atomic E-state index is 12.6. The fourth-order valence-electron chi connectivity index (χ4n) is 2.79. The van der Waals surface area contributed by atoms with Crippen molar-refractivity contribution < 1.29 is 14.3 Å². The van der Waals surface area contributed by atoms with Gasteiger partial charge < -0.3 is 9.64 Å². The third-order valence-corrected chi connectivity index (χ3v) is 4.02. The highest BCUT2D eigenvalue weighted by molar-refractivity contribution is 5.84. The van der Waals surface area contributed by atoms with Gasteiger partial charge in [0.15, 0.2) is 0 Å². The van der Waals surface area contributed by atoms with Crippen LogP contribution in [0.15, 0.2) is 30.3 Å². The van der Waals surface area contributed by atoms with E-state index < -0.39 is 0 Å². The Hall–Kier alpha value is -1.84. The molecule has 114 valence electrons. The summed E-state index contributed by atoms with van der Waals surface area (Å²) in [5.41, 5.74) is 1.01. The van der Waals surface area contributed by atoms with Crippen LogP contribution in [-0.4, -0.2) is 36.5 Å². The van der Waals surface area contributed by atoms with E-state index in [9.17, 15) is 9.59 Å². The highest BCUT2D eigenvalue weighted by atomic mass is 16.5. The van der Waals surface area contributed by atoms with E-state index in [-0.39, 0.29) is 23.7 Å². The topological polar surface area (TPSA) is 46.6 Å². The first-order chi connectivity index (χ1) is 10.1. The number of nitrogens with zero attached hydrogens (tertiary/aromatic N) is 1. The van der Waals surface area contributed by atoms with Crippen molar-refractivity contribution in [1.29, 1.82) is 0 Å². The number of carbonyl (C=O) groups excluding carboxylic acids is 2. The van der Waals surface area contributed by atoms with Crippen LogP contribution < -0.4 is 0 Å². The SMILES string of the molecule is CCOC(=O)[C@H]1CCCN(C(=O)C(C)c2ccccc2)C1. The van der Waals surface area contributed by atoms with Gasteiger partial charge in [-0.3, -0.25) is 9.59 Å². The molecule has 0 aliphatic carbocycles. The van der Waals surface area contributed by atoms with E-state index in [1.807, 2.05) is 42.2 Å². The molecule has 2 rings (SSSR count). The molecule has 1 saturated heterocycles. The maximum Gasteiger partial charge on any atom is 0.310 e. The van der Waals surface area contributed by atoms with Crippen molar-refractivity contribution in [3.05, 3.63) is 35.9 Å². The molecule has 4 nitrogen and oxygen atoms in total. The zero-order chi connectivity index (χ0) is 15.2. The maximum atomic E-state index is 12.6. The minimum Gasteiger partial charge on any atom is -0.466 e. The summed E-state index contributed by atoms with van der Waals surface area (Å²) in [6.45, 7) is 5.33. The monoisotopic (exact) mass is 289 g/mol. The molecule has 1 amide bonds. The Morgan fingerprint density at radius 1 is 1.33 bits per heavy atom. The Morgan fingerprint density at radius 3 is 2.71 bits per heavy atom. The molecule has 1 aromatic rings. The normalized spacial score (nSPS) is 19.9. The molecule has 0 N–H and O–H groups in total. The number of carbonyl (C=O) groups is 2. The van der Waals surface area contributed by atoms with Gasteiger partial charge in [0.2, 0.25) is 5.91 Å². The Morgan fingerprint density at radius 2 is 2.05 bits per heavy atom. The van der Waals surface area contributed by atoms with Gasteiger partial charge in [0, 0.05) is 13.1 Å². The zero-order valence-corrected chi connectivity index (χ0v) is 12.7. The summed E-state index contributed by atoms with van der Waals surface area (Å²) < 4.78 is 5.08. The molecule has 1 aliphatic rings. The van der Waals surface area contributed by atoms with Crippen LogP contribution in [0.1, 0.15) is 38.2 Å². The number of hydrogen-bond acceptors (Lipinski definition) is 3. The minimum atomic E-state index is -0.178. The summed E-state index contributed by atoms with van der Waals surface area (Å²) >= 11 is 0. The highest BCUT2D eigenvalue weighted by Crippen LogP contribution is 2.23. The summed E-state index contributed by atoms with van der Waals surface area (Å²) in [7, 11) is 0. The number of piperidine rings is 1. The van der Waals surface area contributed by atoms with Crippen molar-refractivity contribution in [2.75, 3.05) is 19.7 Å². The van der Waals surface area contributed by atoms with Crippen LogP contribution in [0.2, 0.25) is 0 Å². The van der Waals surface area contributed by atoms with E-state index in [0.717, 1.165) is 24.9 Å². The Bertz CT molecular complexity index is 486. The van der Waals surface area contributed by atoms with Crippen molar-refractivity contribution >= 4 is 11.9 Å². The second-order valence-electron chi connectivity index (χ2n) is 5.51. The quantitative estimate of drug-likeness (QED) is 0.800. The van der Waals surface area contributed by atoms with E-state index in [0.29, 0.717) is 13.2 Å². The van der Waals surface area contributed by atoms with E-state index in [4.69, 9.17) is 4.74 Å². The predicted octanol–water partition coefficient (Wildman–Crippen LogP) is 2.59. The molecular formula is C17H23NO3. The van der Waals surface area contributed by atoms with Gasteiger partial charge in [0.25, 0.3) is 0 Å². The summed E-state index contributed by atoms with van der Waals surface area (Å²) in [4.78, 5) is 26.3. The number of rotatable bonds is 4. The summed E-state index contributed by atoms with van der Waals surface area (Å²) in [5, 5.41) is 0. The standard InChI is InChI=1S/C17H23NO3/c1-3-21-17(20)15-10-7-11-18(12-15)16(19)13(2)14-8-5-4-6-9-14/h4-6,8-9,13,15H,3,7,10-12H2,1-2H3/t13?,15-/m0/s1. The van der Waals surface area contributed by atoms with E-state index in [1.54, 1.807) is 6.92 Å². The third-order valence-electron chi connectivity index (χ3n) is 4.02. The Balaban J connectivity index is 2.00. The van der Waals surface area contributed by atoms with Crippen molar-refractivity contribution in [1.82, 2.24) is 4.90 Å². The van der Waals surface area contributed by atoms with Gasteiger partial charge in [-0.1, -0.05) is 30.3 Å². The number of ether oxygens (including phenoxy) is 1. The van der Waals surface area contributed by atoms with Crippen molar-refractivity contribution in [2.24, 2.45) is 5.92 Å². The van der Waals surface area contributed by atoms with Crippen molar-refractivity contribution in [3.63, 3.8) is 0 Å². The van der Waals surface area contributed by atoms with Crippen molar-refractivity contribution in [3.8, 4) is 0 Å². The average Bonchev–Trinajstić information content (AvgIpc) is 2.54. The van der Waals surface area contributed by atoms with Gasteiger partial charge in [0.05, 0.1) is 18.4 Å². The van der Waals surface area contributed by atoms with Crippen LogP contribution >= 0.6 is 0 Å². The first-order valence-corrected chi connectivity index (χ1v) is 7.63. The molecule has 2 atom stereocenters. The van der Waals surface area contributed by atoms with Crippen molar-refractivity contribution in [2.45, 2.75) is 32.6 Å². The lowest BCUT2D eigenvalue weighted by molar-refractivity contribution is -0.151. The molecule has 1 aromatic carbocycles. The number of amides is 1. The molecule has 0 radical (unpaired) electrons. The van der Waals surface area contributed by atoms with Gasteiger partial charge in [-0.05, 0) is 32.3 Å². The smallest absolute Gasteiger partial charge is 0.310 e.